The summed E-state index contributed by atoms with van der Waals surface area (Å²) in [7, 11) is 0. The standard InChI is InChI=1S/C11H17N3O/c1-6(2)10(13)11(15)14-5-7-3-8(7)9(14)4-12/h6-10H,3,5,13H2,1-2H3/t7?,8-,9?,10?/m1/s1. The van der Waals surface area contributed by atoms with Gasteiger partial charge in [-0.15, -0.1) is 0 Å². The van der Waals surface area contributed by atoms with Crippen molar-refractivity contribution in [1.82, 2.24) is 4.90 Å². The summed E-state index contributed by atoms with van der Waals surface area (Å²) in [5.74, 6) is 1.08. The van der Waals surface area contributed by atoms with Gasteiger partial charge in [0.25, 0.3) is 0 Å². The number of hydrogen-bond acceptors (Lipinski definition) is 3. The minimum absolute atomic E-state index is 0.0521. The summed E-state index contributed by atoms with van der Waals surface area (Å²) in [5.41, 5.74) is 5.82. The van der Waals surface area contributed by atoms with Gasteiger partial charge in [0.05, 0.1) is 12.1 Å². The molecular weight excluding hydrogens is 190 g/mol. The van der Waals surface area contributed by atoms with Gasteiger partial charge in [-0.05, 0) is 24.2 Å². The topological polar surface area (TPSA) is 70.1 Å². The zero-order valence-corrected chi connectivity index (χ0v) is 9.18. The van der Waals surface area contributed by atoms with E-state index in [0.29, 0.717) is 11.8 Å². The molecule has 2 aliphatic rings. The largest absolute Gasteiger partial charge is 0.325 e. The first kappa shape index (κ1) is 10.4. The highest BCUT2D eigenvalue weighted by molar-refractivity contribution is 5.83. The number of fused-ring (bicyclic) bond motifs is 1. The van der Waals surface area contributed by atoms with Gasteiger partial charge in [0.2, 0.25) is 5.91 Å². The normalized spacial score (nSPS) is 34.9. The molecule has 1 saturated carbocycles. The Hall–Kier alpha value is -1.08. The van der Waals surface area contributed by atoms with E-state index in [-0.39, 0.29) is 17.9 Å². The van der Waals surface area contributed by atoms with Gasteiger partial charge in [-0.25, -0.2) is 0 Å². The maximum atomic E-state index is 12.0. The number of carbonyl (C=O) groups is 1. The van der Waals surface area contributed by atoms with Gasteiger partial charge in [-0.3, -0.25) is 4.79 Å². The number of nitriles is 1. The summed E-state index contributed by atoms with van der Waals surface area (Å²) in [6, 6.07) is 1.55. The van der Waals surface area contributed by atoms with Crippen molar-refractivity contribution in [1.29, 1.82) is 5.26 Å². The smallest absolute Gasteiger partial charge is 0.240 e. The van der Waals surface area contributed by atoms with E-state index in [9.17, 15) is 4.79 Å². The first-order valence-electron chi connectivity index (χ1n) is 5.52. The third-order valence-electron chi connectivity index (χ3n) is 3.57. The highest BCUT2D eigenvalue weighted by Gasteiger charge is 2.54. The minimum atomic E-state index is -0.460. The van der Waals surface area contributed by atoms with Crippen LogP contribution in [0.4, 0.5) is 0 Å². The van der Waals surface area contributed by atoms with Gasteiger partial charge in [0, 0.05) is 6.54 Å². The zero-order chi connectivity index (χ0) is 11.2. The van der Waals surface area contributed by atoms with Gasteiger partial charge in [0.15, 0.2) is 0 Å². The molecule has 0 aromatic carbocycles. The van der Waals surface area contributed by atoms with Crippen LogP contribution in [0.1, 0.15) is 20.3 Å². The molecule has 2 fully saturated rings. The maximum absolute atomic E-state index is 12.0. The molecule has 0 spiro atoms. The second-order valence-corrected chi connectivity index (χ2v) is 4.99. The summed E-state index contributed by atoms with van der Waals surface area (Å²) in [6.45, 7) is 4.60. The van der Waals surface area contributed by atoms with E-state index in [0.717, 1.165) is 13.0 Å². The van der Waals surface area contributed by atoms with E-state index in [1.165, 1.54) is 0 Å². The highest BCUT2D eigenvalue weighted by atomic mass is 16.2. The lowest BCUT2D eigenvalue weighted by Crippen LogP contribution is -2.49. The van der Waals surface area contributed by atoms with E-state index >= 15 is 0 Å². The molecule has 0 aromatic rings. The van der Waals surface area contributed by atoms with Crippen molar-refractivity contribution in [2.24, 2.45) is 23.5 Å². The van der Waals surface area contributed by atoms with Gasteiger partial charge in [0.1, 0.15) is 6.04 Å². The van der Waals surface area contributed by atoms with Crippen molar-refractivity contribution in [3.63, 3.8) is 0 Å². The van der Waals surface area contributed by atoms with E-state index in [4.69, 9.17) is 11.0 Å². The fraction of sp³-hybridized carbons (Fsp3) is 0.818. The molecule has 1 aliphatic carbocycles. The molecule has 4 atom stereocenters. The van der Waals surface area contributed by atoms with Crippen LogP contribution in [0.2, 0.25) is 0 Å². The Morgan fingerprint density at radius 2 is 2.27 bits per heavy atom. The zero-order valence-electron chi connectivity index (χ0n) is 9.18. The molecule has 82 valence electrons. The second kappa shape index (κ2) is 3.49. The van der Waals surface area contributed by atoms with Crippen LogP contribution < -0.4 is 5.73 Å². The van der Waals surface area contributed by atoms with Crippen LogP contribution in [0.25, 0.3) is 0 Å². The first-order valence-corrected chi connectivity index (χ1v) is 5.52. The van der Waals surface area contributed by atoms with Crippen LogP contribution in [0, 0.1) is 29.1 Å². The highest BCUT2D eigenvalue weighted by Crippen LogP contribution is 2.49. The van der Waals surface area contributed by atoms with Crippen LogP contribution in [-0.2, 0) is 4.79 Å². The molecule has 0 bridgehead atoms. The maximum Gasteiger partial charge on any atom is 0.240 e. The van der Waals surface area contributed by atoms with E-state index < -0.39 is 6.04 Å². The lowest BCUT2D eigenvalue weighted by Gasteiger charge is -2.27. The van der Waals surface area contributed by atoms with Crippen LogP contribution in [0.15, 0.2) is 0 Å². The number of hydrogen-bond donors (Lipinski definition) is 1. The van der Waals surface area contributed by atoms with Crippen LogP contribution in [0.5, 0.6) is 0 Å². The molecule has 0 aromatic heterocycles. The summed E-state index contributed by atoms with van der Waals surface area (Å²) < 4.78 is 0. The third-order valence-corrected chi connectivity index (χ3v) is 3.57. The Labute approximate surface area is 90.0 Å². The molecule has 1 amide bonds. The molecule has 1 aliphatic heterocycles. The molecular formula is C11H17N3O. The summed E-state index contributed by atoms with van der Waals surface area (Å²) >= 11 is 0. The van der Waals surface area contributed by atoms with E-state index in [1.807, 2.05) is 13.8 Å². The van der Waals surface area contributed by atoms with E-state index in [2.05, 4.69) is 6.07 Å². The molecule has 1 saturated heterocycles. The number of piperidine rings is 1. The van der Waals surface area contributed by atoms with Gasteiger partial charge in [-0.1, -0.05) is 13.8 Å². The fourth-order valence-electron chi connectivity index (χ4n) is 2.33. The van der Waals surface area contributed by atoms with Crippen molar-refractivity contribution < 1.29 is 4.79 Å². The molecule has 1 heterocycles. The molecule has 4 nitrogen and oxygen atoms in total. The Morgan fingerprint density at radius 3 is 2.80 bits per heavy atom. The molecule has 2 rings (SSSR count). The Kier molecular flexibility index (Phi) is 2.43. The van der Waals surface area contributed by atoms with Gasteiger partial charge in [-0.2, -0.15) is 5.26 Å². The number of carbonyl (C=O) groups excluding carboxylic acids is 1. The van der Waals surface area contributed by atoms with Crippen LogP contribution in [0.3, 0.4) is 0 Å². The first-order chi connectivity index (χ1) is 7.06. The van der Waals surface area contributed by atoms with Crippen molar-refractivity contribution in [2.45, 2.75) is 32.4 Å². The van der Waals surface area contributed by atoms with Crippen molar-refractivity contribution >= 4 is 5.91 Å². The molecule has 15 heavy (non-hydrogen) atoms. The predicted molar refractivity (Wildman–Crippen MR) is 55.5 cm³/mol. The average Bonchev–Trinajstić information content (AvgIpc) is 2.88. The van der Waals surface area contributed by atoms with Crippen molar-refractivity contribution in [3.8, 4) is 6.07 Å². The number of amides is 1. The number of likely N-dealkylation sites (tertiary alicyclic amines) is 1. The summed E-state index contributed by atoms with van der Waals surface area (Å²) in [4.78, 5) is 13.7. The monoisotopic (exact) mass is 207 g/mol. The summed E-state index contributed by atoms with van der Waals surface area (Å²) in [6.07, 6.45) is 1.11. The number of nitrogens with zero attached hydrogens (tertiary/aromatic N) is 2. The Bertz CT molecular complexity index is 320. The minimum Gasteiger partial charge on any atom is -0.325 e. The predicted octanol–water partition coefficient (Wildman–Crippen LogP) is 0.340. The molecule has 2 N–H and O–H groups in total. The Balaban J connectivity index is 2.05. The SMILES string of the molecule is CC(C)C(N)C(=O)N1CC2C[C@H]2C1C#N. The number of rotatable bonds is 2. The van der Waals surface area contributed by atoms with Crippen molar-refractivity contribution in [3.05, 3.63) is 0 Å². The van der Waals surface area contributed by atoms with E-state index in [1.54, 1.807) is 4.90 Å². The molecule has 4 heteroatoms. The second-order valence-electron chi connectivity index (χ2n) is 4.99. The fourth-order valence-corrected chi connectivity index (χ4v) is 2.33. The third kappa shape index (κ3) is 1.61. The van der Waals surface area contributed by atoms with Crippen LogP contribution in [-0.4, -0.2) is 29.4 Å². The summed E-state index contributed by atoms with van der Waals surface area (Å²) in [5, 5.41) is 9.02. The van der Waals surface area contributed by atoms with Crippen LogP contribution >= 0.6 is 0 Å². The lowest BCUT2D eigenvalue weighted by atomic mass is 10.0. The molecule has 3 unspecified atom stereocenters. The van der Waals surface area contributed by atoms with Gasteiger partial charge < -0.3 is 10.6 Å². The number of nitrogens with two attached hydrogens (primary N) is 1. The Morgan fingerprint density at radius 1 is 1.60 bits per heavy atom. The van der Waals surface area contributed by atoms with Crippen molar-refractivity contribution in [2.75, 3.05) is 6.54 Å². The lowest BCUT2D eigenvalue weighted by molar-refractivity contribution is -0.134. The quantitative estimate of drug-likeness (QED) is 0.709. The molecule has 0 radical (unpaired) electrons. The average molecular weight is 207 g/mol. The van der Waals surface area contributed by atoms with Gasteiger partial charge >= 0.3 is 0 Å².